The van der Waals surface area contributed by atoms with Gasteiger partial charge in [-0.25, -0.2) is 0 Å². The fourth-order valence-corrected chi connectivity index (χ4v) is 9.96. The Morgan fingerprint density at radius 2 is 1.33 bits per heavy atom. The van der Waals surface area contributed by atoms with E-state index in [1.54, 1.807) is 0 Å². The molecule has 1 radical (unpaired) electrons. The SMILES string of the molecule is CC(C)c1cccc(C(C)C)c1-n1ccnc1-c1[c-]ccc2c1oc1cc3c(ccc4ccccc43)cc12.C[n+]1[c-]n(-c2[c-]cc(CCc3cccc(CCc4ccc(-c5[c-]cccc5)nc4)c3)cc2)cc1.[Ir]. The van der Waals surface area contributed by atoms with Gasteiger partial charge < -0.3 is 23.1 Å². The van der Waals surface area contributed by atoms with E-state index in [9.17, 15) is 0 Å². The molecule has 73 heavy (non-hydrogen) atoms. The number of pyridine rings is 1. The zero-order valence-electron chi connectivity index (χ0n) is 41.9. The van der Waals surface area contributed by atoms with Crippen LogP contribution in [0.1, 0.15) is 72.9 Å². The van der Waals surface area contributed by atoms with Crippen LogP contribution in [0.3, 0.4) is 0 Å². The van der Waals surface area contributed by atoms with Crippen LogP contribution in [0.25, 0.3) is 77.5 Å². The summed E-state index contributed by atoms with van der Waals surface area (Å²) in [4.78, 5) is 9.48. The van der Waals surface area contributed by atoms with Crippen molar-refractivity contribution in [2.75, 3.05) is 0 Å². The van der Waals surface area contributed by atoms with Gasteiger partial charge in [0.25, 0.3) is 0 Å². The smallest absolute Gasteiger partial charge is 0.241 e. The number of benzene rings is 8. The topological polar surface area (TPSA) is 52.7 Å². The summed E-state index contributed by atoms with van der Waals surface area (Å²) in [5.74, 6) is 1.61. The first-order chi connectivity index (χ1) is 35.2. The Morgan fingerprint density at radius 1 is 0.589 bits per heavy atom. The molecule has 0 N–H and O–H groups in total. The van der Waals surface area contributed by atoms with Crippen molar-refractivity contribution in [1.82, 2.24) is 19.1 Å². The van der Waals surface area contributed by atoms with Gasteiger partial charge in [0.15, 0.2) is 0 Å². The van der Waals surface area contributed by atoms with E-state index < -0.39 is 0 Å². The molecular weight excluding hydrogens is 1070 g/mol. The van der Waals surface area contributed by atoms with E-state index in [-0.39, 0.29) is 20.1 Å². The van der Waals surface area contributed by atoms with Crippen LogP contribution in [0.15, 0.2) is 193 Å². The Labute approximate surface area is 442 Å². The van der Waals surface area contributed by atoms with Gasteiger partial charge in [-0.3, -0.25) is 4.98 Å². The molecule has 0 aliphatic carbocycles. The maximum atomic E-state index is 6.63. The average Bonchev–Trinajstić information content (AvgIpc) is 4.18. The van der Waals surface area contributed by atoms with Crippen LogP contribution in [0, 0.1) is 24.5 Å². The van der Waals surface area contributed by atoms with Crippen LogP contribution in [-0.4, -0.2) is 19.1 Å². The zero-order valence-corrected chi connectivity index (χ0v) is 44.3. The number of nitrogens with zero attached hydrogens (tertiary/aromatic N) is 5. The maximum Gasteiger partial charge on any atom is 0.241 e. The molecule has 12 aromatic rings. The van der Waals surface area contributed by atoms with Crippen molar-refractivity contribution >= 4 is 43.5 Å². The molecule has 0 saturated heterocycles. The molecule has 6 nitrogen and oxygen atoms in total. The number of imidazole rings is 2. The Bertz CT molecular complexity index is 3800. The minimum Gasteiger partial charge on any atom is -0.501 e. The first-order valence-electron chi connectivity index (χ1n) is 25.1. The molecular formula is C66H56IrN5O-3. The predicted molar refractivity (Wildman–Crippen MR) is 293 cm³/mol. The molecule has 0 aliphatic rings. The third-order valence-electron chi connectivity index (χ3n) is 13.8. The van der Waals surface area contributed by atoms with E-state index in [0.29, 0.717) is 11.8 Å². The minimum atomic E-state index is 0. The first-order valence-corrected chi connectivity index (χ1v) is 25.1. The number of hydrogen-bond acceptors (Lipinski definition) is 3. The first kappa shape index (κ1) is 48.9. The summed E-state index contributed by atoms with van der Waals surface area (Å²) in [6, 6.07) is 65.8. The second-order valence-corrected chi connectivity index (χ2v) is 19.4. The fraction of sp³-hybridized carbons (Fsp3) is 0.167. The van der Waals surface area contributed by atoms with Gasteiger partial charge in [0.1, 0.15) is 5.58 Å². The molecule has 0 atom stereocenters. The van der Waals surface area contributed by atoms with Crippen molar-refractivity contribution in [1.29, 1.82) is 0 Å². The molecule has 0 spiro atoms. The summed E-state index contributed by atoms with van der Waals surface area (Å²) in [7, 11) is 1.97. The molecule has 0 unspecified atom stereocenters. The van der Waals surface area contributed by atoms with Crippen LogP contribution in [0.4, 0.5) is 0 Å². The number of furan rings is 1. The Balaban J connectivity index is 0.000000166. The molecule has 4 heterocycles. The van der Waals surface area contributed by atoms with Crippen LogP contribution < -0.4 is 4.57 Å². The Hall–Kier alpha value is -7.70. The summed E-state index contributed by atoms with van der Waals surface area (Å²) in [6.07, 6.45) is 17.1. The van der Waals surface area contributed by atoms with E-state index in [1.165, 1.54) is 60.6 Å². The molecule has 363 valence electrons. The molecule has 0 aliphatic heterocycles. The van der Waals surface area contributed by atoms with Crippen LogP contribution in [0.5, 0.6) is 0 Å². The van der Waals surface area contributed by atoms with Gasteiger partial charge in [0.2, 0.25) is 6.33 Å². The van der Waals surface area contributed by atoms with E-state index in [0.717, 1.165) is 76.0 Å². The van der Waals surface area contributed by atoms with Crippen LogP contribution in [0.2, 0.25) is 0 Å². The monoisotopic (exact) mass is 1130 g/mol. The van der Waals surface area contributed by atoms with E-state index in [2.05, 4.69) is 195 Å². The van der Waals surface area contributed by atoms with E-state index in [1.807, 2.05) is 71.3 Å². The number of aryl methyl sites for hydroxylation is 5. The summed E-state index contributed by atoms with van der Waals surface area (Å²) in [5, 5.41) is 7.08. The molecule has 0 amide bonds. The molecule has 12 rings (SSSR count). The van der Waals surface area contributed by atoms with Gasteiger partial charge in [-0.2, -0.15) is 29.8 Å². The van der Waals surface area contributed by atoms with Gasteiger partial charge >= 0.3 is 0 Å². The number of para-hydroxylation sites is 1. The largest absolute Gasteiger partial charge is 0.501 e. The van der Waals surface area contributed by atoms with Crippen molar-refractivity contribution in [3.8, 4) is 34.0 Å². The van der Waals surface area contributed by atoms with Crippen molar-refractivity contribution in [2.45, 2.75) is 65.2 Å². The van der Waals surface area contributed by atoms with E-state index >= 15 is 0 Å². The van der Waals surface area contributed by atoms with Crippen molar-refractivity contribution < 1.29 is 29.1 Å². The van der Waals surface area contributed by atoms with Crippen molar-refractivity contribution in [3.63, 3.8) is 0 Å². The number of hydrogen-bond donors (Lipinski definition) is 0. The summed E-state index contributed by atoms with van der Waals surface area (Å²) in [5.41, 5.74) is 14.7. The Kier molecular flexibility index (Phi) is 14.4. The predicted octanol–water partition coefficient (Wildman–Crippen LogP) is 15.1. The quantitative estimate of drug-likeness (QED) is 0.0696. The number of fused-ring (bicyclic) bond motifs is 6. The molecule has 7 heteroatoms. The molecule has 0 fully saturated rings. The molecule has 0 saturated carbocycles. The zero-order chi connectivity index (χ0) is 49.1. The number of aromatic nitrogens is 5. The molecule has 4 aromatic heterocycles. The average molecular weight is 1130 g/mol. The molecule has 0 bridgehead atoms. The van der Waals surface area contributed by atoms with Crippen LogP contribution in [-0.2, 0) is 52.8 Å². The second-order valence-electron chi connectivity index (χ2n) is 19.4. The standard InChI is InChI=1S/C35H29N2O.C31H27N3.Ir/c1-21(2)25-11-7-12-26(22(3)4)33(25)37-18-17-36-35(37)29-14-8-13-28-31-19-24-16-15-23-9-5-6-10-27(23)30(24)20-32(31)38-34(28)29;1-33-20-21-34(24-33)30-17-14-25(15-18-30)10-11-26-6-5-7-27(22-26)12-13-28-16-19-31(32-23-28)29-8-3-2-4-9-29;/h5-13,15-22H,1-4H3;2-8,14-17,19-23H,10-13H2,1H3;/q-1;-2;. The molecule has 8 aromatic carbocycles. The van der Waals surface area contributed by atoms with Gasteiger partial charge in [0.05, 0.1) is 18.5 Å². The van der Waals surface area contributed by atoms with Gasteiger partial charge in [-0.05, 0) is 98.3 Å². The second kappa shape index (κ2) is 21.6. The van der Waals surface area contributed by atoms with Crippen molar-refractivity contribution in [3.05, 3.63) is 247 Å². The van der Waals surface area contributed by atoms with Crippen LogP contribution >= 0.6 is 0 Å². The fourth-order valence-electron chi connectivity index (χ4n) is 9.96. The van der Waals surface area contributed by atoms with E-state index in [4.69, 9.17) is 9.40 Å². The summed E-state index contributed by atoms with van der Waals surface area (Å²) < 4.78 is 12.7. The third kappa shape index (κ3) is 10.3. The maximum absolute atomic E-state index is 6.63. The minimum absolute atomic E-state index is 0. The summed E-state index contributed by atoms with van der Waals surface area (Å²) in [6.45, 7) is 9.00. The van der Waals surface area contributed by atoms with Gasteiger partial charge in [0, 0.05) is 62.2 Å². The number of rotatable bonds is 12. The normalized spacial score (nSPS) is 11.4. The van der Waals surface area contributed by atoms with Gasteiger partial charge in [-0.1, -0.05) is 142 Å². The Morgan fingerprint density at radius 3 is 2.04 bits per heavy atom. The summed E-state index contributed by atoms with van der Waals surface area (Å²) >= 11 is 0. The van der Waals surface area contributed by atoms with Gasteiger partial charge in [-0.15, -0.1) is 54.1 Å². The third-order valence-corrected chi connectivity index (χ3v) is 13.8. The van der Waals surface area contributed by atoms with Crippen molar-refractivity contribution in [2.24, 2.45) is 7.05 Å².